The molecule has 0 bridgehead atoms. The first-order chi connectivity index (χ1) is 21.5. The van der Waals surface area contributed by atoms with E-state index in [1.54, 1.807) is 22.7 Å². The minimum absolute atomic E-state index is 0.770. The zero-order valence-corrected chi connectivity index (χ0v) is 33.6. The van der Waals surface area contributed by atoms with Gasteiger partial charge in [-0.15, -0.1) is 22.7 Å². The van der Waals surface area contributed by atoms with Gasteiger partial charge in [0, 0.05) is 0 Å². The topological polar surface area (TPSA) is 25.8 Å². The Bertz CT molecular complexity index is 1340. The van der Waals surface area contributed by atoms with Crippen molar-refractivity contribution in [3.05, 3.63) is 30.8 Å². The minimum atomic E-state index is 0.770. The highest BCUT2D eigenvalue weighted by Gasteiger charge is 2.21. The van der Waals surface area contributed by atoms with Crippen LogP contribution in [0.1, 0.15) is 147 Å². The van der Waals surface area contributed by atoms with Crippen LogP contribution < -0.4 is 0 Å². The second kappa shape index (κ2) is 20.3. The number of halogens is 2. The van der Waals surface area contributed by atoms with Gasteiger partial charge in [-0.2, -0.15) is 0 Å². The third-order valence-electron chi connectivity index (χ3n) is 8.66. The van der Waals surface area contributed by atoms with Crippen LogP contribution >= 0.6 is 77.2 Å². The molecule has 2 nitrogen and oxygen atoms in total. The molecule has 0 saturated heterocycles. The van der Waals surface area contributed by atoms with Crippen LogP contribution in [0, 0.1) is 5.92 Å². The molecule has 0 aliphatic carbocycles. The van der Waals surface area contributed by atoms with Crippen molar-refractivity contribution in [1.29, 1.82) is 0 Å². The molecule has 4 heterocycles. The molecular weight excluding hydrogens is 748 g/mol. The molecule has 44 heavy (non-hydrogen) atoms. The van der Waals surface area contributed by atoms with E-state index in [0.717, 1.165) is 32.0 Å². The second-order valence-corrected chi connectivity index (χ2v) is 19.3. The van der Waals surface area contributed by atoms with E-state index in [-0.39, 0.29) is 0 Å². The number of thiophene rings is 2. The smallest absolute Gasteiger partial charge is 0.155 e. The van der Waals surface area contributed by atoms with E-state index < -0.39 is 0 Å². The summed E-state index contributed by atoms with van der Waals surface area (Å²) in [6, 6.07) is 4.70. The molecule has 0 aliphatic heterocycles. The van der Waals surface area contributed by atoms with Crippen LogP contribution in [0.25, 0.3) is 29.4 Å². The summed E-state index contributed by atoms with van der Waals surface area (Å²) in [6.45, 7) is 6.91. The van der Waals surface area contributed by atoms with E-state index in [9.17, 15) is 0 Å². The van der Waals surface area contributed by atoms with E-state index in [2.05, 4.69) is 64.8 Å². The van der Waals surface area contributed by atoms with Gasteiger partial charge in [0.25, 0.3) is 0 Å². The van der Waals surface area contributed by atoms with Gasteiger partial charge in [0.2, 0.25) is 0 Å². The molecule has 1 unspecified atom stereocenters. The van der Waals surface area contributed by atoms with Gasteiger partial charge in [-0.3, -0.25) is 0 Å². The van der Waals surface area contributed by atoms with E-state index in [1.807, 2.05) is 22.7 Å². The molecule has 4 aromatic rings. The molecule has 0 aliphatic rings. The van der Waals surface area contributed by atoms with Crippen LogP contribution in [0.15, 0.2) is 19.7 Å². The van der Waals surface area contributed by atoms with Gasteiger partial charge >= 0.3 is 0 Å². The van der Waals surface area contributed by atoms with Gasteiger partial charge in [0.05, 0.1) is 17.3 Å². The lowest BCUT2D eigenvalue weighted by Crippen LogP contribution is -2.05. The highest BCUT2D eigenvalue weighted by Crippen LogP contribution is 2.45. The first-order valence-corrected chi connectivity index (χ1v) is 22.2. The van der Waals surface area contributed by atoms with Crippen molar-refractivity contribution in [1.82, 2.24) is 9.97 Å². The quantitative estimate of drug-likeness (QED) is 0.0699. The Kier molecular flexibility index (Phi) is 16.9. The molecule has 0 fully saturated rings. The number of hydrogen-bond acceptors (Lipinski definition) is 6. The predicted molar refractivity (Wildman–Crippen MR) is 208 cm³/mol. The van der Waals surface area contributed by atoms with Crippen molar-refractivity contribution in [2.75, 3.05) is 0 Å². The summed E-state index contributed by atoms with van der Waals surface area (Å²) in [6.07, 6.45) is 26.7. The maximum atomic E-state index is 5.20. The van der Waals surface area contributed by atoms with Crippen LogP contribution in [0.3, 0.4) is 0 Å². The lowest BCUT2D eigenvalue weighted by Gasteiger charge is -2.17. The summed E-state index contributed by atoms with van der Waals surface area (Å²) in [5, 5.41) is 2.29. The number of unbranched alkanes of at least 4 members (excludes halogenated alkanes) is 13. The molecule has 0 saturated carbocycles. The molecule has 244 valence electrons. The predicted octanol–water partition coefficient (Wildman–Crippen LogP) is 15.5. The van der Waals surface area contributed by atoms with Crippen LogP contribution in [-0.4, -0.2) is 9.97 Å². The fraction of sp³-hybridized carbons (Fsp3) is 0.667. The monoisotopic (exact) mass is 798 g/mol. The van der Waals surface area contributed by atoms with E-state index in [0.29, 0.717) is 0 Å². The van der Waals surface area contributed by atoms with Gasteiger partial charge in [-0.25, -0.2) is 9.97 Å². The zero-order chi connectivity index (χ0) is 31.1. The summed E-state index contributed by atoms with van der Waals surface area (Å²) in [5.74, 6) is 0.770. The lowest BCUT2D eigenvalue weighted by atomic mass is 9.89. The molecule has 0 spiro atoms. The van der Waals surface area contributed by atoms with E-state index >= 15 is 0 Å². The Morgan fingerprint density at radius 3 is 1.52 bits per heavy atom. The molecule has 8 heteroatoms. The molecule has 0 N–H and O–H groups in total. The third kappa shape index (κ3) is 11.5. The Morgan fingerprint density at radius 1 is 0.545 bits per heavy atom. The van der Waals surface area contributed by atoms with Crippen LogP contribution in [0.5, 0.6) is 0 Å². The van der Waals surface area contributed by atoms with Crippen molar-refractivity contribution in [3.8, 4) is 19.8 Å². The molecule has 0 aromatic carbocycles. The number of thiazole rings is 2. The fourth-order valence-electron chi connectivity index (χ4n) is 6.15. The van der Waals surface area contributed by atoms with Gasteiger partial charge in [0.15, 0.2) is 9.66 Å². The van der Waals surface area contributed by atoms with E-state index in [1.165, 1.54) is 150 Å². The number of hydrogen-bond donors (Lipinski definition) is 0. The van der Waals surface area contributed by atoms with Crippen LogP contribution in [-0.2, 0) is 12.8 Å². The lowest BCUT2D eigenvalue weighted by molar-refractivity contribution is 0.403. The van der Waals surface area contributed by atoms with Crippen molar-refractivity contribution in [2.24, 2.45) is 5.92 Å². The molecule has 0 radical (unpaired) electrons. The highest BCUT2D eigenvalue weighted by molar-refractivity contribution is 9.11. The summed E-state index contributed by atoms with van der Waals surface area (Å²) < 4.78 is 2.43. The molecule has 0 amide bonds. The average Bonchev–Trinajstić information content (AvgIpc) is 3.77. The second-order valence-electron chi connectivity index (χ2n) is 12.5. The summed E-state index contributed by atoms with van der Waals surface area (Å²) >= 11 is 14.8. The molecule has 4 aromatic heterocycles. The van der Waals surface area contributed by atoms with Gasteiger partial charge in [0.1, 0.15) is 10.0 Å². The molecule has 1 atom stereocenters. The molecular formula is C36H52Br2N2S4. The number of rotatable bonds is 23. The maximum absolute atomic E-state index is 5.20. The summed E-state index contributed by atoms with van der Waals surface area (Å²) in [4.78, 5) is 15.2. The normalized spacial score (nSPS) is 12.6. The van der Waals surface area contributed by atoms with Crippen molar-refractivity contribution in [3.63, 3.8) is 0 Å². The average molecular weight is 801 g/mol. The number of aromatic nitrogens is 2. The Balaban J connectivity index is 1.44. The van der Waals surface area contributed by atoms with Gasteiger partial charge < -0.3 is 0 Å². The first kappa shape index (κ1) is 36.7. The fourth-order valence-corrected chi connectivity index (χ4v) is 11.8. The van der Waals surface area contributed by atoms with E-state index in [4.69, 9.17) is 9.97 Å². The van der Waals surface area contributed by atoms with Crippen LogP contribution in [0.4, 0.5) is 0 Å². The Hall–Kier alpha value is -0.120. The highest BCUT2D eigenvalue weighted by atomic mass is 79.9. The largest absolute Gasteiger partial charge is 0.222 e. The third-order valence-corrected chi connectivity index (χ3v) is 14.4. The van der Waals surface area contributed by atoms with Crippen molar-refractivity contribution < 1.29 is 0 Å². The van der Waals surface area contributed by atoms with Gasteiger partial charge in [-0.05, 0) is 80.3 Å². The first-order valence-electron chi connectivity index (χ1n) is 17.4. The number of aryl methyl sites for hydroxylation is 1. The van der Waals surface area contributed by atoms with Crippen molar-refractivity contribution in [2.45, 2.75) is 149 Å². The minimum Gasteiger partial charge on any atom is -0.222 e. The number of fused-ring (bicyclic) bond motifs is 1. The van der Waals surface area contributed by atoms with Gasteiger partial charge in [-0.1, -0.05) is 153 Å². The van der Waals surface area contributed by atoms with Crippen LogP contribution in [0.2, 0.25) is 0 Å². The summed E-state index contributed by atoms with van der Waals surface area (Å²) in [7, 11) is 0. The maximum Gasteiger partial charge on any atom is 0.155 e. The summed E-state index contributed by atoms with van der Waals surface area (Å²) in [5.41, 5.74) is 2.93. The SMILES string of the molecule is CCCCCCCCc1cc(Br)sc1-c1nc2sc(-c3sc(Br)cc3CC(CCCCCC)CCCCCCCC)nc2s1. The Labute approximate surface area is 300 Å². The Morgan fingerprint density at radius 2 is 0.977 bits per heavy atom. The van der Waals surface area contributed by atoms with Crippen molar-refractivity contribution >= 4 is 86.9 Å². The zero-order valence-electron chi connectivity index (χ0n) is 27.2. The molecule has 4 rings (SSSR count). The standard InChI is InChI=1S/C36H52Br2N2S4/c1-4-7-10-13-15-18-21-26(20-17-12-9-6-3)23-28-25-30(38)42-32(28)34-40-36-35(44-34)39-33(43-36)31-27(24-29(37)41-31)22-19-16-14-11-8-5-2/h24-26H,4-23H2,1-3H3. The number of nitrogens with zero attached hydrogens (tertiary/aromatic N) is 2.